The molecule has 1 aromatic heterocycles. The van der Waals surface area contributed by atoms with E-state index in [2.05, 4.69) is 4.98 Å². The minimum Gasteiger partial charge on any atom is -0.258 e. The summed E-state index contributed by atoms with van der Waals surface area (Å²) in [6.45, 7) is 1.76. The van der Waals surface area contributed by atoms with Crippen molar-refractivity contribution < 1.29 is 4.92 Å². The Labute approximate surface area is 90.4 Å². The molecule has 0 spiro atoms. The number of rotatable bonds is 2. The first-order chi connectivity index (χ1) is 7.20. The van der Waals surface area contributed by atoms with Gasteiger partial charge in [0.1, 0.15) is 0 Å². The Kier molecular flexibility index (Phi) is 2.47. The van der Waals surface area contributed by atoms with Gasteiger partial charge in [-0.05, 0) is 6.92 Å². The maximum Gasteiger partial charge on any atom is 0.272 e. The Hall–Kier alpha value is -1.75. The molecule has 0 saturated heterocycles. The molecule has 1 aromatic carbocycles. The summed E-state index contributed by atoms with van der Waals surface area (Å²) in [4.78, 5) is 15.3. The highest BCUT2D eigenvalue weighted by atomic mass is 32.1. The molecule has 0 amide bonds. The highest BCUT2D eigenvalue weighted by Crippen LogP contribution is 2.31. The van der Waals surface area contributed by atoms with Gasteiger partial charge in [0.05, 0.1) is 15.3 Å². The first-order valence-corrected chi connectivity index (χ1v) is 5.21. The average molecular weight is 220 g/mol. The largest absolute Gasteiger partial charge is 0.272 e. The number of hydrogen-bond donors (Lipinski definition) is 0. The first kappa shape index (κ1) is 9.79. The van der Waals surface area contributed by atoms with Gasteiger partial charge in [-0.2, -0.15) is 0 Å². The lowest BCUT2D eigenvalue weighted by atomic mass is 10.1. The highest BCUT2D eigenvalue weighted by molar-refractivity contribution is 7.13. The van der Waals surface area contributed by atoms with Gasteiger partial charge in [0.25, 0.3) is 5.69 Å². The van der Waals surface area contributed by atoms with Crippen LogP contribution in [-0.2, 0) is 0 Å². The van der Waals surface area contributed by atoms with Crippen molar-refractivity contribution in [1.82, 2.24) is 4.98 Å². The van der Waals surface area contributed by atoms with Crippen LogP contribution < -0.4 is 0 Å². The molecule has 0 N–H and O–H groups in total. The van der Waals surface area contributed by atoms with E-state index in [1.165, 1.54) is 17.4 Å². The van der Waals surface area contributed by atoms with Gasteiger partial charge in [-0.3, -0.25) is 15.1 Å². The fourth-order valence-corrected chi connectivity index (χ4v) is 2.14. The molecular formula is C10H8N2O2S. The van der Waals surface area contributed by atoms with Crippen molar-refractivity contribution in [2.24, 2.45) is 0 Å². The van der Waals surface area contributed by atoms with Crippen LogP contribution in [0, 0.1) is 17.0 Å². The average Bonchev–Trinajstić information content (AvgIpc) is 2.70. The second-order valence-electron chi connectivity index (χ2n) is 3.07. The van der Waals surface area contributed by atoms with E-state index in [9.17, 15) is 10.1 Å². The van der Waals surface area contributed by atoms with E-state index in [4.69, 9.17) is 0 Å². The van der Waals surface area contributed by atoms with E-state index in [1.807, 2.05) is 6.07 Å². The zero-order chi connectivity index (χ0) is 10.8. The van der Waals surface area contributed by atoms with Crippen LogP contribution in [0.2, 0.25) is 0 Å². The van der Waals surface area contributed by atoms with Gasteiger partial charge in [0.15, 0.2) is 0 Å². The molecule has 0 radical (unpaired) electrons. The Morgan fingerprint density at radius 1 is 1.47 bits per heavy atom. The molecule has 0 aliphatic rings. The molecule has 0 bridgehead atoms. The smallest absolute Gasteiger partial charge is 0.258 e. The number of nitro groups is 1. The summed E-state index contributed by atoms with van der Waals surface area (Å²) in [6, 6.07) is 5.08. The molecule has 15 heavy (non-hydrogen) atoms. The Morgan fingerprint density at radius 2 is 2.27 bits per heavy atom. The molecule has 0 aliphatic carbocycles. The van der Waals surface area contributed by atoms with E-state index in [-0.39, 0.29) is 10.6 Å². The summed E-state index contributed by atoms with van der Waals surface area (Å²) in [5, 5.41) is 10.7. The van der Waals surface area contributed by atoms with Crippen LogP contribution in [0.3, 0.4) is 0 Å². The zero-order valence-electron chi connectivity index (χ0n) is 8.01. The van der Waals surface area contributed by atoms with Gasteiger partial charge in [0, 0.05) is 23.4 Å². The van der Waals surface area contributed by atoms with Crippen LogP contribution in [0.5, 0.6) is 0 Å². The first-order valence-electron chi connectivity index (χ1n) is 4.33. The minimum atomic E-state index is -0.361. The van der Waals surface area contributed by atoms with E-state index < -0.39 is 0 Å². The van der Waals surface area contributed by atoms with Crippen LogP contribution in [0.1, 0.15) is 5.56 Å². The topological polar surface area (TPSA) is 56.0 Å². The van der Waals surface area contributed by atoms with E-state index in [0.29, 0.717) is 5.56 Å². The van der Waals surface area contributed by atoms with Crippen LogP contribution in [0.25, 0.3) is 10.4 Å². The second kappa shape index (κ2) is 3.78. The SMILES string of the molecule is Cc1c(-c2cncs2)cccc1[N+](=O)[O-]. The van der Waals surface area contributed by atoms with E-state index in [0.717, 1.165) is 10.4 Å². The van der Waals surface area contributed by atoms with Crippen LogP contribution in [-0.4, -0.2) is 9.91 Å². The zero-order valence-corrected chi connectivity index (χ0v) is 8.82. The van der Waals surface area contributed by atoms with Crippen LogP contribution in [0.4, 0.5) is 5.69 Å². The fourth-order valence-electron chi connectivity index (χ4n) is 1.44. The van der Waals surface area contributed by atoms with E-state index in [1.54, 1.807) is 24.7 Å². The lowest BCUT2D eigenvalue weighted by Gasteiger charge is -2.02. The standard InChI is InChI=1S/C10H8N2O2S/c1-7-8(10-5-11-6-15-10)3-2-4-9(7)12(13)14/h2-6H,1H3. The van der Waals surface area contributed by atoms with Crippen molar-refractivity contribution in [2.45, 2.75) is 6.92 Å². The minimum absolute atomic E-state index is 0.154. The van der Waals surface area contributed by atoms with Gasteiger partial charge < -0.3 is 0 Å². The monoisotopic (exact) mass is 220 g/mol. The second-order valence-corrected chi connectivity index (χ2v) is 3.96. The van der Waals surface area contributed by atoms with Gasteiger partial charge in [-0.15, -0.1) is 11.3 Å². The Morgan fingerprint density at radius 3 is 2.87 bits per heavy atom. The molecule has 2 rings (SSSR count). The molecule has 76 valence electrons. The molecule has 2 aromatic rings. The van der Waals surface area contributed by atoms with Crippen molar-refractivity contribution in [1.29, 1.82) is 0 Å². The van der Waals surface area contributed by atoms with Gasteiger partial charge >= 0.3 is 0 Å². The number of hydrogen-bond acceptors (Lipinski definition) is 4. The lowest BCUT2D eigenvalue weighted by molar-refractivity contribution is -0.385. The lowest BCUT2D eigenvalue weighted by Crippen LogP contribution is -1.92. The summed E-state index contributed by atoms with van der Waals surface area (Å²) in [6.07, 6.45) is 1.72. The maximum absolute atomic E-state index is 10.7. The molecule has 1 heterocycles. The number of nitrogens with zero attached hydrogens (tertiary/aromatic N) is 2. The molecule has 5 heteroatoms. The van der Waals surface area contributed by atoms with E-state index >= 15 is 0 Å². The highest BCUT2D eigenvalue weighted by Gasteiger charge is 2.14. The number of nitro benzene ring substituents is 1. The molecule has 0 unspecified atom stereocenters. The molecular weight excluding hydrogens is 212 g/mol. The Bertz CT molecular complexity index is 494. The molecule has 0 saturated carbocycles. The van der Waals surface area contributed by atoms with Crippen molar-refractivity contribution in [2.75, 3.05) is 0 Å². The predicted molar refractivity (Wildman–Crippen MR) is 58.9 cm³/mol. The summed E-state index contributed by atoms with van der Waals surface area (Å²) < 4.78 is 0. The predicted octanol–water partition coefficient (Wildman–Crippen LogP) is 3.03. The van der Waals surface area contributed by atoms with Crippen LogP contribution in [0.15, 0.2) is 29.9 Å². The molecule has 0 fully saturated rings. The van der Waals surface area contributed by atoms with Crippen molar-refractivity contribution >= 4 is 17.0 Å². The van der Waals surface area contributed by atoms with Gasteiger partial charge in [-0.25, -0.2) is 0 Å². The fraction of sp³-hybridized carbons (Fsp3) is 0.100. The number of aromatic nitrogens is 1. The Balaban J connectivity index is 2.59. The summed E-state index contributed by atoms with van der Waals surface area (Å²) in [5.74, 6) is 0. The quantitative estimate of drug-likeness (QED) is 0.577. The van der Waals surface area contributed by atoms with Gasteiger partial charge in [-0.1, -0.05) is 12.1 Å². The van der Waals surface area contributed by atoms with Crippen molar-refractivity contribution in [3.63, 3.8) is 0 Å². The van der Waals surface area contributed by atoms with Crippen molar-refractivity contribution in [3.05, 3.63) is 45.6 Å². The number of benzene rings is 1. The summed E-state index contributed by atoms with van der Waals surface area (Å²) >= 11 is 1.48. The van der Waals surface area contributed by atoms with Crippen molar-refractivity contribution in [3.8, 4) is 10.4 Å². The summed E-state index contributed by atoms with van der Waals surface area (Å²) in [5.41, 5.74) is 3.44. The third-order valence-electron chi connectivity index (χ3n) is 2.20. The molecule has 4 nitrogen and oxygen atoms in total. The normalized spacial score (nSPS) is 10.2. The van der Waals surface area contributed by atoms with Gasteiger partial charge in [0.2, 0.25) is 0 Å². The molecule has 0 aliphatic heterocycles. The molecule has 0 atom stereocenters. The number of thiazole rings is 1. The van der Waals surface area contributed by atoms with Crippen LogP contribution >= 0.6 is 11.3 Å². The maximum atomic E-state index is 10.7. The summed E-state index contributed by atoms with van der Waals surface area (Å²) in [7, 11) is 0. The third-order valence-corrected chi connectivity index (χ3v) is 3.01. The third kappa shape index (κ3) is 1.73.